The first-order chi connectivity index (χ1) is 14.0. The molecule has 0 unspecified atom stereocenters. The molecule has 0 spiro atoms. The lowest BCUT2D eigenvalue weighted by atomic mass is 9.52. The van der Waals surface area contributed by atoms with Gasteiger partial charge in [-0.1, -0.05) is 84.0 Å². The summed E-state index contributed by atoms with van der Waals surface area (Å²) in [4.78, 5) is 0. The summed E-state index contributed by atoms with van der Waals surface area (Å²) in [6, 6.07) is 0. The van der Waals surface area contributed by atoms with Gasteiger partial charge in [-0.25, -0.2) is 0 Å². The molecular formula is C28H54BrN. The van der Waals surface area contributed by atoms with Crippen molar-refractivity contribution >= 4 is 0 Å². The third-order valence-electron chi connectivity index (χ3n) is 9.36. The fourth-order valence-corrected chi connectivity index (χ4v) is 7.75. The van der Waals surface area contributed by atoms with Crippen molar-refractivity contribution in [2.75, 3.05) is 20.6 Å². The van der Waals surface area contributed by atoms with E-state index in [1.165, 1.54) is 101 Å². The zero-order valence-electron chi connectivity index (χ0n) is 20.9. The molecular weight excluding hydrogens is 430 g/mol. The summed E-state index contributed by atoms with van der Waals surface area (Å²) in [5.41, 5.74) is 0.672. The molecule has 0 heterocycles. The SMILES string of the molecule is CCCCCCCCCCCCCCCC[N+](C)(C)C12CC3CC(CC(C3)C1)C2.[Br-]. The third kappa shape index (κ3) is 7.50. The van der Waals surface area contributed by atoms with Crippen LogP contribution in [0.4, 0.5) is 0 Å². The van der Waals surface area contributed by atoms with Gasteiger partial charge in [0, 0.05) is 19.3 Å². The van der Waals surface area contributed by atoms with Crippen molar-refractivity contribution in [2.45, 2.75) is 141 Å². The minimum absolute atomic E-state index is 0. The maximum atomic E-state index is 2.59. The molecule has 30 heavy (non-hydrogen) atoms. The van der Waals surface area contributed by atoms with Crippen molar-refractivity contribution in [1.29, 1.82) is 0 Å². The van der Waals surface area contributed by atoms with E-state index >= 15 is 0 Å². The van der Waals surface area contributed by atoms with Crippen LogP contribution in [0.25, 0.3) is 0 Å². The second-order valence-corrected chi connectivity index (χ2v) is 12.1. The Morgan fingerprint density at radius 1 is 0.567 bits per heavy atom. The Labute approximate surface area is 200 Å². The molecule has 0 aromatic rings. The van der Waals surface area contributed by atoms with Crippen LogP contribution in [0.2, 0.25) is 0 Å². The van der Waals surface area contributed by atoms with E-state index in [2.05, 4.69) is 21.0 Å². The van der Waals surface area contributed by atoms with E-state index in [9.17, 15) is 0 Å². The summed E-state index contributed by atoms with van der Waals surface area (Å²) >= 11 is 0. The van der Waals surface area contributed by atoms with Crippen LogP contribution in [-0.2, 0) is 0 Å². The van der Waals surface area contributed by atoms with Gasteiger partial charge in [0.25, 0.3) is 0 Å². The number of rotatable bonds is 16. The topological polar surface area (TPSA) is 0 Å². The summed E-state index contributed by atoms with van der Waals surface area (Å²) < 4.78 is 1.34. The maximum Gasteiger partial charge on any atom is 0.0996 e. The molecule has 4 aliphatic rings. The van der Waals surface area contributed by atoms with Crippen molar-refractivity contribution in [3.63, 3.8) is 0 Å². The molecule has 0 radical (unpaired) electrons. The van der Waals surface area contributed by atoms with E-state index in [1.54, 1.807) is 38.5 Å². The first kappa shape index (κ1) is 26.7. The minimum atomic E-state index is 0. The van der Waals surface area contributed by atoms with Crippen LogP contribution >= 0.6 is 0 Å². The third-order valence-corrected chi connectivity index (χ3v) is 9.36. The lowest BCUT2D eigenvalue weighted by molar-refractivity contribution is -0.948. The first-order valence-corrected chi connectivity index (χ1v) is 13.9. The van der Waals surface area contributed by atoms with Crippen LogP contribution in [0, 0.1) is 17.8 Å². The van der Waals surface area contributed by atoms with Crippen LogP contribution in [-0.4, -0.2) is 30.7 Å². The van der Waals surface area contributed by atoms with Gasteiger partial charge in [-0.05, 0) is 49.9 Å². The highest BCUT2D eigenvalue weighted by Crippen LogP contribution is 2.59. The first-order valence-electron chi connectivity index (χ1n) is 13.9. The largest absolute Gasteiger partial charge is 1.00 e. The van der Waals surface area contributed by atoms with E-state index in [0.29, 0.717) is 5.54 Å². The molecule has 0 N–H and O–H groups in total. The normalized spacial score (nSPS) is 29.9. The molecule has 0 saturated heterocycles. The Balaban J connectivity index is 0.00000320. The molecule has 4 saturated carbocycles. The number of nitrogens with zero attached hydrogens (tertiary/aromatic N) is 1. The Morgan fingerprint density at radius 3 is 1.27 bits per heavy atom. The number of quaternary nitrogens is 1. The van der Waals surface area contributed by atoms with Crippen LogP contribution in [0.15, 0.2) is 0 Å². The van der Waals surface area contributed by atoms with Crippen LogP contribution < -0.4 is 17.0 Å². The molecule has 0 amide bonds. The highest BCUT2D eigenvalue weighted by atomic mass is 79.9. The van der Waals surface area contributed by atoms with Crippen LogP contribution in [0.3, 0.4) is 0 Å². The van der Waals surface area contributed by atoms with Crippen molar-refractivity contribution in [1.82, 2.24) is 0 Å². The molecule has 4 bridgehead atoms. The van der Waals surface area contributed by atoms with E-state index in [-0.39, 0.29) is 17.0 Å². The fourth-order valence-electron chi connectivity index (χ4n) is 7.75. The molecule has 0 aliphatic heterocycles. The number of unbranched alkanes of at least 4 members (excludes halogenated alkanes) is 13. The van der Waals surface area contributed by atoms with Gasteiger partial charge in [0.05, 0.1) is 26.2 Å². The minimum Gasteiger partial charge on any atom is -1.00 e. The number of hydrogen-bond donors (Lipinski definition) is 0. The van der Waals surface area contributed by atoms with Crippen molar-refractivity contribution in [2.24, 2.45) is 17.8 Å². The summed E-state index contributed by atoms with van der Waals surface area (Å²) in [7, 11) is 5.19. The zero-order valence-corrected chi connectivity index (χ0v) is 22.5. The Hall–Kier alpha value is 0.440. The lowest BCUT2D eigenvalue weighted by Crippen LogP contribution is -3.00. The van der Waals surface area contributed by atoms with Gasteiger partial charge in [0.2, 0.25) is 0 Å². The number of hydrogen-bond acceptors (Lipinski definition) is 0. The lowest BCUT2D eigenvalue weighted by Gasteiger charge is -2.62. The standard InChI is InChI=1S/C28H54N.BrH/c1-4-5-6-7-8-9-10-11-12-13-14-15-16-17-18-29(2,3)28-22-25-19-26(23-28)21-27(20-25)24-28;/h25-27H,4-24H2,1-3H3;1H/q+1;/p-1. The average molecular weight is 485 g/mol. The molecule has 1 nitrogen and oxygen atoms in total. The van der Waals surface area contributed by atoms with Gasteiger partial charge >= 0.3 is 0 Å². The maximum absolute atomic E-state index is 2.59. The molecule has 0 aromatic heterocycles. The number of halogens is 1. The van der Waals surface area contributed by atoms with Gasteiger partial charge in [-0.3, -0.25) is 0 Å². The molecule has 2 heteroatoms. The highest BCUT2D eigenvalue weighted by Gasteiger charge is 2.58. The van der Waals surface area contributed by atoms with Gasteiger partial charge in [0.1, 0.15) is 0 Å². The smallest absolute Gasteiger partial charge is 0.0996 e. The quantitative estimate of drug-likeness (QED) is 0.200. The summed E-state index contributed by atoms with van der Waals surface area (Å²) in [5, 5.41) is 0. The average Bonchev–Trinajstić information content (AvgIpc) is 2.67. The van der Waals surface area contributed by atoms with E-state index in [0.717, 1.165) is 17.8 Å². The van der Waals surface area contributed by atoms with E-state index in [4.69, 9.17) is 0 Å². The monoisotopic (exact) mass is 483 g/mol. The van der Waals surface area contributed by atoms with E-state index in [1.807, 2.05) is 0 Å². The van der Waals surface area contributed by atoms with Crippen LogP contribution in [0.5, 0.6) is 0 Å². The summed E-state index contributed by atoms with van der Waals surface area (Å²) in [5.74, 6) is 3.28. The molecule has 0 atom stereocenters. The molecule has 4 fully saturated rings. The highest BCUT2D eigenvalue weighted by molar-refractivity contribution is 5.03. The molecule has 4 rings (SSSR count). The molecule has 0 aromatic carbocycles. The Kier molecular flexibility index (Phi) is 11.8. The second kappa shape index (κ2) is 13.2. The second-order valence-electron chi connectivity index (χ2n) is 12.1. The van der Waals surface area contributed by atoms with E-state index < -0.39 is 0 Å². The summed E-state index contributed by atoms with van der Waals surface area (Å²) in [6.45, 7) is 3.74. The predicted molar refractivity (Wildman–Crippen MR) is 128 cm³/mol. The predicted octanol–water partition coefficient (Wildman–Crippen LogP) is 5.52. The Morgan fingerprint density at radius 2 is 0.900 bits per heavy atom. The van der Waals surface area contributed by atoms with Gasteiger partial charge in [0.15, 0.2) is 0 Å². The van der Waals surface area contributed by atoms with Gasteiger partial charge in [-0.2, -0.15) is 0 Å². The van der Waals surface area contributed by atoms with Gasteiger partial charge < -0.3 is 21.5 Å². The van der Waals surface area contributed by atoms with Gasteiger partial charge in [-0.15, -0.1) is 0 Å². The fraction of sp³-hybridized carbons (Fsp3) is 1.00. The van der Waals surface area contributed by atoms with Crippen molar-refractivity contribution in [3.8, 4) is 0 Å². The zero-order chi connectivity index (χ0) is 20.6. The molecule has 4 aliphatic carbocycles. The van der Waals surface area contributed by atoms with Crippen LogP contribution in [0.1, 0.15) is 135 Å². The Bertz CT molecular complexity index is 422. The summed E-state index contributed by atoms with van der Waals surface area (Å²) in [6.07, 6.45) is 30.0. The molecule has 178 valence electrons. The van der Waals surface area contributed by atoms with Crippen molar-refractivity contribution < 1.29 is 21.5 Å². The van der Waals surface area contributed by atoms with Crippen molar-refractivity contribution in [3.05, 3.63) is 0 Å².